The van der Waals surface area contributed by atoms with Gasteiger partial charge in [0.1, 0.15) is 12.4 Å². The zero-order chi connectivity index (χ0) is 13.2. The molecule has 1 aliphatic rings. The van der Waals surface area contributed by atoms with Crippen LogP contribution in [-0.2, 0) is 9.53 Å². The molecule has 0 unspecified atom stereocenters. The molecule has 0 aliphatic carbocycles. The number of anilines is 1. The highest BCUT2D eigenvalue weighted by Crippen LogP contribution is 2.23. The first-order valence-corrected chi connectivity index (χ1v) is 6.37. The molecule has 0 aromatic heterocycles. The predicted octanol–water partition coefficient (Wildman–Crippen LogP) is 1.91. The summed E-state index contributed by atoms with van der Waals surface area (Å²) in [5, 5.41) is 5.68. The van der Waals surface area contributed by atoms with E-state index in [0.29, 0.717) is 10.2 Å². The summed E-state index contributed by atoms with van der Waals surface area (Å²) in [5.41, 5.74) is 0.136. The van der Waals surface area contributed by atoms with Gasteiger partial charge in [-0.05, 0) is 41.1 Å². The molecular weight excluding hydrogens is 303 g/mol. The zero-order valence-electron chi connectivity index (χ0n) is 9.93. The van der Waals surface area contributed by atoms with Gasteiger partial charge < -0.3 is 15.4 Å². The summed E-state index contributed by atoms with van der Waals surface area (Å²) in [6, 6.07) is 4.12. The van der Waals surface area contributed by atoms with Crippen molar-refractivity contribution in [2.24, 2.45) is 0 Å². The molecule has 0 saturated carbocycles. The monoisotopic (exact) mass is 316 g/mol. The molecule has 1 amide bonds. The van der Waals surface area contributed by atoms with E-state index in [2.05, 4.69) is 26.6 Å². The number of ether oxygens (including phenoxy) is 1. The van der Waals surface area contributed by atoms with Gasteiger partial charge >= 0.3 is 0 Å². The third-order valence-corrected chi connectivity index (χ3v) is 3.44. The van der Waals surface area contributed by atoms with E-state index in [1.807, 2.05) is 6.92 Å². The second-order valence-electron chi connectivity index (χ2n) is 4.51. The number of amides is 1. The average Bonchev–Trinajstić information content (AvgIpc) is 2.29. The molecule has 2 rings (SSSR count). The first-order chi connectivity index (χ1) is 8.48. The molecule has 1 fully saturated rings. The molecule has 1 aromatic rings. The summed E-state index contributed by atoms with van der Waals surface area (Å²) in [7, 11) is 0. The third kappa shape index (κ3) is 3.28. The van der Waals surface area contributed by atoms with Gasteiger partial charge in [0.05, 0.1) is 11.3 Å². The summed E-state index contributed by atoms with van der Waals surface area (Å²) >= 11 is 3.24. The van der Waals surface area contributed by atoms with Crippen molar-refractivity contribution < 1.29 is 13.9 Å². The number of hydrogen-bond acceptors (Lipinski definition) is 3. The van der Waals surface area contributed by atoms with Crippen molar-refractivity contribution in [3.05, 3.63) is 28.5 Å². The van der Waals surface area contributed by atoms with E-state index in [0.717, 1.165) is 13.1 Å². The molecule has 6 heteroatoms. The van der Waals surface area contributed by atoms with Crippen molar-refractivity contribution >= 4 is 27.5 Å². The predicted molar refractivity (Wildman–Crippen MR) is 70.0 cm³/mol. The Bertz CT molecular complexity index is 463. The van der Waals surface area contributed by atoms with Crippen LogP contribution >= 0.6 is 15.9 Å². The first kappa shape index (κ1) is 13.5. The number of nitrogens with one attached hydrogen (secondary N) is 2. The fourth-order valence-corrected chi connectivity index (χ4v) is 1.94. The van der Waals surface area contributed by atoms with Crippen LogP contribution < -0.4 is 10.6 Å². The number of carbonyl (C=O) groups is 1. The van der Waals surface area contributed by atoms with E-state index in [1.54, 1.807) is 6.07 Å². The van der Waals surface area contributed by atoms with Crippen molar-refractivity contribution in [2.45, 2.75) is 12.5 Å². The van der Waals surface area contributed by atoms with E-state index in [1.165, 1.54) is 12.1 Å². The van der Waals surface area contributed by atoms with Gasteiger partial charge in [0.2, 0.25) is 5.91 Å². The van der Waals surface area contributed by atoms with Gasteiger partial charge in [-0.3, -0.25) is 4.79 Å². The second-order valence-corrected chi connectivity index (χ2v) is 5.37. The molecule has 0 bridgehead atoms. The van der Waals surface area contributed by atoms with Gasteiger partial charge in [-0.25, -0.2) is 4.39 Å². The Kier molecular flexibility index (Phi) is 3.99. The number of benzene rings is 1. The number of hydrogen-bond donors (Lipinski definition) is 2. The van der Waals surface area contributed by atoms with Crippen LogP contribution in [0.3, 0.4) is 0 Å². The maximum Gasteiger partial charge on any atom is 0.250 e. The van der Waals surface area contributed by atoms with Crippen molar-refractivity contribution in [1.29, 1.82) is 0 Å². The summed E-state index contributed by atoms with van der Waals surface area (Å²) in [5.74, 6) is -0.695. The van der Waals surface area contributed by atoms with E-state index >= 15 is 0 Å². The van der Waals surface area contributed by atoms with Crippen LogP contribution in [0.25, 0.3) is 0 Å². The molecule has 98 valence electrons. The quantitative estimate of drug-likeness (QED) is 0.892. The van der Waals surface area contributed by atoms with Crippen molar-refractivity contribution in [1.82, 2.24) is 5.32 Å². The summed E-state index contributed by atoms with van der Waals surface area (Å²) in [6.45, 7) is 3.38. The van der Waals surface area contributed by atoms with E-state index < -0.39 is 5.82 Å². The lowest BCUT2D eigenvalue weighted by Gasteiger charge is -2.38. The summed E-state index contributed by atoms with van der Waals surface area (Å²) in [6.07, 6.45) is 0. The lowest BCUT2D eigenvalue weighted by atomic mass is 10.0. The molecule has 0 spiro atoms. The highest BCUT2D eigenvalue weighted by molar-refractivity contribution is 9.10. The van der Waals surface area contributed by atoms with Crippen molar-refractivity contribution in [3.63, 3.8) is 0 Å². The van der Waals surface area contributed by atoms with E-state index in [-0.39, 0.29) is 18.1 Å². The van der Waals surface area contributed by atoms with Crippen LogP contribution in [0.4, 0.5) is 10.1 Å². The van der Waals surface area contributed by atoms with Crippen LogP contribution in [0, 0.1) is 5.82 Å². The van der Waals surface area contributed by atoms with Gasteiger partial charge in [-0.15, -0.1) is 0 Å². The third-order valence-electron chi connectivity index (χ3n) is 2.75. The Morgan fingerprint density at radius 3 is 2.94 bits per heavy atom. The standard InChI is InChI=1S/C12H14BrFN2O2/c1-12(6-15-7-12)18-5-11(17)16-10-4-8(14)2-3-9(10)13/h2-4,15H,5-7H2,1H3,(H,16,17). The number of halogens is 2. The Morgan fingerprint density at radius 2 is 2.33 bits per heavy atom. The molecule has 18 heavy (non-hydrogen) atoms. The molecule has 0 atom stereocenters. The Hall–Kier alpha value is -0.980. The van der Waals surface area contributed by atoms with E-state index in [4.69, 9.17) is 4.74 Å². The Labute approximate surface area is 113 Å². The topological polar surface area (TPSA) is 50.4 Å². The minimum atomic E-state index is -0.399. The van der Waals surface area contributed by atoms with Crippen LogP contribution in [-0.4, -0.2) is 31.2 Å². The van der Waals surface area contributed by atoms with Crippen LogP contribution in [0.5, 0.6) is 0 Å². The largest absolute Gasteiger partial charge is 0.363 e. The molecule has 0 radical (unpaired) electrons. The highest BCUT2D eigenvalue weighted by Gasteiger charge is 2.33. The first-order valence-electron chi connectivity index (χ1n) is 5.58. The maximum absolute atomic E-state index is 13.0. The second kappa shape index (κ2) is 5.34. The minimum Gasteiger partial charge on any atom is -0.363 e. The van der Waals surface area contributed by atoms with Gasteiger partial charge in [-0.2, -0.15) is 0 Å². The van der Waals surface area contributed by atoms with Gasteiger partial charge in [-0.1, -0.05) is 0 Å². The smallest absolute Gasteiger partial charge is 0.250 e. The molecule has 1 aromatic carbocycles. The fourth-order valence-electron chi connectivity index (χ4n) is 1.60. The summed E-state index contributed by atoms with van der Waals surface area (Å²) < 4.78 is 19.1. The Morgan fingerprint density at radius 1 is 1.61 bits per heavy atom. The highest BCUT2D eigenvalue weighted by atomic mass is 79.9. The fraction of sp³-hybridized carbons (Fsp3) is 0.417. The van der Waals surface area contributed by atoms with Gasteiger partial charge in [0, 0.05) is 17.6 Å². The van der Waals surface area contributed by atoms with Gasteiger partial charge in [0.15, 0.2) is 0 Å². The normalized spacial score (nSPS) is 17.1. The van der Waals surface area contributed by atoms with Gasteiger partial charge in [0.25, 0.3) is 0 Å². The summed E-state index contributed by atoms with van der Waals surface area (Å²) in [4.78, 5) is 11.7. The van der Waals surface area contributed by atoms with Crippen LogP contribution in [0.15, 0.2) is 22.7 Å². The Balaban J connectivity index is 1.88. The zero-order valence-corrected chi connectivity index (χ0v) is 11.5. The SMILES string of the molecule is CC1(OCC(=O)Nc2cc(F)ccc2Br)CNC1. The molecule has 2 N–H and O–H groups in total. The molecule has 1 heterocycles. The average molecular weight is 317 g/mol. The maximum atomic E-state index is 13.0. The van der Waals surface area contributed by atoms with Crippen molar-refractivity contribution in [3.8, 4) is 0 Å². The van der Waals surface area contributed by atoms with E-state index in [9.17, 15) is 9.18 Å². The lowest BCUT2D eigenvalue weighted by Crippen LogP contribution is -2.59. The lowest BCUT2D eigenvalue weighted by molar-refractivity contribution is -0.130. The van der Waals surface area contributed by atoms with Crippen LogP contribution in [0.2, 0.25) is 0 Å². The van der Waals surface area contributed by atoms with Crippen LogP contribution in [0.1, 0.15) is 6.92 Å². The number of carbonyl (C=O) groups excluding carboxylic acids is 1. The molecule has 1 aliphatic heterocycles. The minimum absolute atomic E-state index is 0.0405. The molecule has 1 saturated heterocycles. The number of rotatable bonds is 4. The molecular formula is C12H14BrFN2O2. The van der Waals surface area contributed by atoms with Crippen molar-refractivity contribution in [2.75, 3.05) is 25.0 Å². The molecule has 4 nitrogen and oxygen atoms in total.